The normalized spacial score (nSPS) is 14.6. The summed E-state index contributed by atoms with van der Waals surface area (Å²) in [5.74, 6) is 0.478. The molecule has 0 spiro atoms. The smallest absolute Gasteiger partial charge is 0.0602 e. The van der Waals surface area contributed by atoms with Crippen molar-refractivity contribution in [2.24, 2.45) is 5.92 Å². The fourth-order valence-corrected chi connectivity index (χ4v) is 1.30. The lowest BCUT2D eigenvalue weighted by molar-refractivity contribution is 0.105. The van der Waals surface area contributed by atoms with Gasteiger partial charge in [0.15, 0.2) is 0 Å². The monoisotopic (exact) mass is 156 g/mol. The molecule has 1 N–H and O–H groups in total. The Balaban J connectivity index is 3.68. The van der Waals surface area contributed by atoms with Gasteiger partial charge in [-0.1, -0.05) is 38.8 Å². The van der Waals surface area contributed by atoms with Crippen molar-refractivity contribution in [3.8, 4) is 0 Å². The second kappa shape index (κ2) is 6.41. The van der Waals surface area contributed by atoms with Crippen LogP contribution >= 0.6 is 0 Å². The Labute approximate surface area is 70.1 Å². The standard InChI is InChI=1S/C10H20O/c1-4-7-8-10(11)9(5-2)6-3/h4,7,9-11H,5-6,8H2,1-3H3/b7-4+. The Morgan fingerprint density at radius 1 is 1.27 bits per heavy atom. The van der Waals surface area contributed by atoms with E-state index in [2.05, 4.69) is 13.8 Å². The molecule has 0 aromatic rings. The lowest BCUT2D eigenvalue weighted by Crippen LogP contribution is -2.17. The van der Waals surface area contributed by atoms with Crippen LogP contribution in [0.4, 0.5) is 0 Å². The summed E-state index contributed by atoms with van der Waals surface area (Å²) < 4.78 is 0. The number of aliphatic hydroxyl groups is 1. The Morgan fingerprint density at radius 2 is 1.82 bits per heavy atom. The first kappa shape index (κ1) is 10.7. The van der Waals surface area contributed by atoms with Crippen molar-refractivity contribution < 1.29 is 5.11 Å². The van der Waals surface area contributed by atoms with E-state index < -0.39 is 0 Å². The number of rotatable bonds is 5. The molecule has 0 heterocycles. The highest BCUT2D eigenvalue weighted by Crippen LogP contribution is 2.15. The molecule has 1 heteroatoms. The van der Waals surface area contributed by atoms with Crippen LogP contribution in [0.1, 0.15) is 40.0 Å². The van der Waals surface area contributed by atoms with Crippen LogP contribution < -0.4 is 0 Å². The summed E-state index contributed by atoms with van der Waals surface area (Å²) in [6, 6.07) is 0. The molecule has 0 amide bonds. The van der Waals surface area contributed by atoms with Crippen LogP contribution in [0.5, 0.6) is 0 Å². The van der Waals surface area contributed by atoms with Gasteiger partial charge in [0.1, 0.15) is 0 Å². The van der Waals surface area contributed by atoms with E-state index in [-0.39, 0.29) is 6.10 Å². The lowest BCUT2D eigenvalue weighted by Gasteiger charge is -2.17. The zero-order valence-corrected chi connectivity index (χ0v) is 7.88. The lowest BCUT2D eigenvalue weighted by atomic mass is 9.94. The average molecular weight is 156 g/mol. The number of aliphatic hydroxyl groups excluding tert-OH is 1. The van der Waals surface area contributed by atoms with Gasteiger partial charge in [0, 0.05) is 0 Å². The molecule has 1 atom stereocenters. The fourth-order valence-electron chi connectivity index (χ4n) is 1.30. The summed E-state index contributed by atoms with van der Waals surface area (Å²) >= 11 is 0. The summed E-state index contributed by atoms with van der Waals surface area (Å²) in [7, 11) is 0. The molecule has 1 nitrogen and oxygen atoms in total. The maximum absolute atomic E-state index is 9.59. The van der Waals surface area contributed by atoms with Gasteiger partial charge in [-0.3, -0.25) is 0 Å². The van der Waals surface area contributed by atoms with E-state index in [9.17, 15) is 5.11 Å². The minimum Gasteiger partial charge on any atom is -0.393 e. The summed E-state index contributed by atoms with van der Waals surface area (Å²) in [5.41, 5.74) is 0. The van der Waals surface area contributed by atoms with Crippen LogP contribution in [0.25, 0.3) is 0 Å². The largest absolute Gasteiger partial charge is 0.393 e. The predicted octanol–water partition coefficient (Wildman–Crippen LogP) is 2.75. The molecule has 66 valence electrons. The molecule has 0 bridgehead atoms. The van der Waals surface area contributed by atoms with E-state index in [0.717, 1.165) is 19.3 Å². The zero-order chi connectivity index (χ0) is 8.69. The van der Waals surface area contributed by atoms with Crippen molar-refractivity contribution in [3.63, 3.8) is 0 Å². The summed E-state index contributed by atoms with van der Waals surface area (Å²) in [6.45, 7) is 6.25. The molecular formula is C10H20O. The molecule has 0 fully saturated rings. The molecule has 0 radical (unpaired) electrons. The molecule has 0 aliphatic rings. The topological polar surface area (TPSA) is 20.2 Å². The van der Waals surface area contributed by atoms with Gasteiger partial charge in [-0.2, -0.15) is 0 Å². The summed E-state index contributed by atoms with van der Waals surface area (Å²) in [6.07, 6.45) is 6.85. The van der Waals surface area contributed by atoms with Gasteiger partial charge in [0.2, 0.25) is 0 Å². The van der Waals surface area contributed by atoms with Crippen molar-refractivity contribution >= 4 is 0 Å². The fraction of sp³-hybridized carbons (Fsp3) is 0.800. The van der Waals surface area contributed by atoms with Crippen LogP contribution in [0, 0.1) is 5.92 Å². The molecule has 0 aliphatic carbocycles. The Hall–Kier alpha value is -0.300. The average Bonchev–Trinajstić information content (AvgIpc) is 2.03. The van der Waals surface area contributed by atoms with Crippen molar-refractivity contribution in [3.05, 3.63) is 12.2 Å². The highest BCUT2D eigenvalue weighted by Gasteiger charge is 2.12. The van der Waals surface area contributed by atoms with Crippen LogP contribution in [-0.4, -0.2) is 11.2 Å². The number of allylic oxidation sites excluding steroid dienone is 1. The second-order valence-electron chi connectivity index (χ2n) is 2.95. The Kier molecular flexibility index (Phi) is 6.24. The Morgan fingerprint density at radius 3 is 2.18 bits per heavy atom. The zero-order valence-electron chi connectivity index (χ0n) is 7.88. The Bertz CT molecular complexity index is 103. The van der Waals surface area contributed by atoms with Crippen LogP contribution in [0.2, 0.25) is 0 Å². The van der Waals surface area contributed by atoms with Gasteiger partial charge >= 0.3 is 0 Å². The highest BCUT2D eigenvalue weighted by atomic mass is 16.3. The van der Waals surface area contributed by atoms with Crippen molar-refractivity contribution in [2.45, 2.75) is 46.1 Å². The van der Waals surface area contributed by atoms with E-state index in [1.54, 1.807) is 0 Å². The van der Waals surface area contributed by atoms with E-state index >= 15 is 0 Å². The number of hydrogen-bond acceptors (Lipinski definition) is 1. The third kappa shape index (κ3) is 4.20. The molecule has 11 heavy (non-hydrogen) atoms. The van der Waals surface area contributed by atoms with Gasteiger partial charge in [-0.25, -0.2) is 0 Å². The molecule has 0 saturated carbocycles. The van der Waals surface area contributed by atoms with Crippen molar-refractivity contribution in [2.75, 3.05) is 0 Å². The second-order valence-corrected chi connectivity index (χ2v) is 2.95. The quantitative estimate of drug-likeness (QED) is 0.607. The number of hydrogen-bond donors (Lipinski definition) is 1. The molecular weight excluding hydrogens is 136 g/mol. The summed E-state index contributed by atoms with van der Waals surface area (Å²) in [4.78, 5) is 0. The molecule has 0 saturated heterocycles. The maximum Gasteiger partial charge on any atom is 0.0602 e. The summed E-state index contributed by atoms with van der Waals surface area (Å²) in [5, 5.41) is 9.59. The SMILES string of the molecule is C/C=C/CC(O)C(CC)CC. The van der Waals surface area contributed by atoms with Gasteiger partial charge in [0.05, 0.1) is 6.10 Å². The van der Waals surface area contributed by atoms with E-state index in [1.165, 1.54) is 0 Å². The molecule has 0 aromatic carbocycles. The van der Waals surface area contributed by atoms with E-state index in [1.807, 2.05) is 19.1 Å². The third-order valence-electron chi connectivity index (χ3n) is 2.21. The highest BCUT2D eigenvalue weighted by molar-refractivity contribution is 4.82. The van der Waals surface area contributed by atoms with Crippen LogP contribution in [0.3, 0.4) is 0 Å². The van der Waals surface area contributed by atoms with Crippen molar-refractivity contribution in [1.82, 2.24) is 0 Å². The third-order valence-corrected chi connectivity index (χ3v) is 2.21. The predicted molar refractivity (Wildman–Crippen MR) is 49.5 cm³/mol. The minimum absolute atomic E-state index is 0.138. The van der Waals surface area contributed by atoms with Gasteiger partial charge in [-0.05, 0) is 19.3 Å². The minimum atomic E-state index is -0.138. The first-order valence-electron chi connectivity index (χ1n) is 4.55. The van der Waals surface area contributed by atoms with Gasteiger partial charge < -0.3 is 5.11 Å². The van der Waals surface area contributed by atoms with Gasteiger partial charge in [-0.15, -0.1) is 0 Å². The van der Waals surface area contributed by atoms with Gasteiger partial charge in [0.25, 0.3) is 0 Å². The molecule has 0 aromatic heterocycles. The molecule has 0 aliphatic heterocycles. The van der Waals surface area contributed by atoms with E-state index in [4.69, 9.17) is 0 Å². The van der Waals surface area contributed by atoms with E-state index in [0.29, 0.717) is 5.92 Å². The van der Waals surface area contributed by atoms with Crippen molar-refractivity contribution in [1.29, 1.82) is 0 Å². The maximum atomic E-state index is 9.59. The first-order chi connectivity index (χ1) is 5.26. The first-order valence-corrected chi connectivity index (χ1v) is 4.55. The van der Waals surface area contributed by atoms with Crippen LogP contribution in [-0.2, 0) is 0 Å². The molecule has 0 rings (SSSR count). The van der Waals surface area contributed by atoms with Crippen LogP contribution in [0.15, 0.2) is 12.2 Å². The molecule has 1 unspecified atom stereocenters.